The number of aromatic nitrogens is 4. The van der Waals surface area contributed by atoms with Gasteiger partial charge in [-0.05, 0) is 6.42 Å². The Hall–Kier alpha value is -3.42. The van der Waals surface area contributed by atoms with Crippen molar-refractivity contribution in [3.8, 4) is 11.8 Å². The average molecular weight is 414 g/mol. The second kappa shape index (κ2) is 8.08. The lowest BCUT2D eigenvalue weighted by Crippen LogP contribution is -2.36. The van der Waals surface area contributed by atoms with Crippen LogP contribution in [-0.2, 0) is 23.5 Å². The molecule has 13 nitrogen and oxygen atoms in total. The van der Waals surface area contributed by atoms with Crippen molar-refractivity contribution in [3.63, 3.8) is 0 Å². The Morgan fingerprint density at radius 1 is 1.21 bits per heavy atom. The zero-order chi connectivity index (χ0) is 21.1. The number of hydrogen-bond donors (Lipinski definition) is 3. The number of carbonyl (C=O) groups is 2. The van der Waals surface area contributed by atoms with Gasteiger partial charge >= 0.3 is 12.0 Å². The van der Waals surface area contributed by atoms with Crippen molar-refractivity contribution in [3.05, 3.63) is 17.3 Å². The molecule has 2 amide bonds. The zero-order valence-electron chi connectivity index (χ0n) is 15.4. The molecule has 0 atom stereocenters. The summed E-state index contributed by atoms with van der Waals surface area (Å²) < 4.78 is 37.6. The van der Waals surface area contributed by atoms with Crippen molar-refractivity contribution in [2.45, 2.75) is 18.4 Å². The second-order valence-corrected chi connectivity index (χ2v) is 6.84. The summed E-state index contributed by atoms with van der Waals surface area (Å²) in [6, 6.07) is 0.131. The molecule has 0 fully saturated rings. The molecule has 0 saturated heterocycles. The summed E-state index contributed by atoms with van der Waals surface area (Å²) in [5.41, 5.74) is -0.443. The normalized spacial score (nSPS) is 11.0. The number of aryl methyl sites for hydroxylation is 2. The topological polar surface area (TPSA) is 175 Å². The minimum atomic E-state index is -4.57. The predicted molar refractivity (Wildman–Crippen MR) is 94.0 cm³/mol. The maximum absolute atomic E-state index is 12.6. The summed E-state index contributed by atoms with van der Waals surface area (Å²) in [6.07, 6.45) is 0.189. The highest BCUT2D eigenvalue weighted by atomic mass is 32.2. The number of aromatic carboxylic acids is 1. The highest BCUT2D eigenvalue weighted by molar-refractivity contribution is 7.90. The molecule has 152 valence electrons. The van der Waals surface area contributed by atoms with Crippen molar-refractivity contribution >= 4 is 28.0 Å². The van der Waals surface area contributed by atoms with Crippen LogP contribution in [0.2, 0.25) is 0 Å². The summed E-state index contributed by atoms with van der Waals surface area (Å²) in [5.74, 6) is -1.64. The monoisotopic (exact) mass is 414 g/mol. The third-order valence-corrected chi connectivity index (χ3v) is 4.85. The molecule has 0 aliphatic rings. The molecular weight excluding hydrogens is 396 g/mol. The van der Waals surface area contributed by atoms with E-state index in [-0.39, 0.29) is 29.8 Å². The summed E-state index contributed by atoms with van der Waals surface area (Å²) in [6.45, 7) is 1.62. The summed E-state index contributed by atoms with van der Waals surface area (Å²) in [4.78, 5) is 31.3. The molecule has 0 unspecified atom stereocenters. The van der Waals surface area contributed by atoms with Crippen LogP contribution in [0.4, 0.5) is 10.7 Å². The molecule has 0 aromatic carbocycles. The number of urea groups is 1. The molecule has 14 heteroatoms. The van der Waals surface area contributed by atoms with Gasteiger partial charge in [0.15, 0.2) is 5.03 Å². The van der Waals surface area contributed by atoms with Crippen LogP contribution in [0.1, 0.15) is 23.0 Å². The van der Waals surface area contributed by atoms with Gasteiger partial charge in [-0.1, -0.05) is 6.92 Å². The fraction of sp³-hybridized carbons (Fsp3) is 0.357. The maximum Gasteiger partial charge on any atom is 0.340 e. The first-order chi connectivity index (χ1) is 13.1. The van der Waals surface area contributed by atoms with Crippen molar-refractivity contribution in [1.82, 2.24) is 24.5 Å². The highest BCUT2D eigenvalue weighted by Crippen LogP contribution is 2.20. The first-order valence-electron chi connectivity index (χ1n) is 7.73. The standard InChI is InChI=1S/C14H18N6O7S/c1-5-7-10(12(21)22)11(20(2)18-7)28(24,25)19-14(23)17-13-15-8(26-3)6-9(16-13)27-4/h6H,5H2,1-4H3,(H,21,22)(H2,15,16,17,19,23). The van der Waals surface area contributed by atoms with Crippen LogP contribution >= 0.6 is 0 Å². The Morgan fingerprint density at radius 3 is 2.25 bits per heavy atom. The predicted octanol–water partition coefficient (Wildman–Crippen LogP) is -0.00170. The van der Waals surface area contributed by atoms with E-state index in [4.69, 9.17) is 9.47 Å². The van der Waals surface area contributed by atoms with Crippen molar-refractivity contribution in [2.24, 2.45) is 7.05 Å². The minimum absolute atomic E-state index is 0.0663. The van der Waals surface area contributed by atoms with Gasteiger partial charge in [0.2, 0.25) is 17.7 Å². The lowest BCUT2D eigenvalue weighted by molar-refractivity contribution is 0.0691. The maximum atomic E-state index is 12.6. The molecule has 0 radical (unpaired) electrons. The number of sulfonamides is 1. The Balaban J connectivity index is 2.32. The Kier molecular flexibility index (Phi) is 6.03. The third-order valence-electron chi connectivity index (χ3n) is 3.42. The van der Waals surface area contributed by atoms with Crippen LogP contribution in [0.3, 0.4) is 0 Å². The summed E-state index contributed by atoms with van der Waals surface area (Å²) >= 11 is 0. The van der Waals surface area contributed by atoms with E-state index >= 15 is 0 Å². The van der Waals surface area contributed by atoms with Crippen LogP contribution in [0.15, 0.2) is 11.1 Å². The zero-order valence-corrected chi connectivity index (χ0v) is 16.2. The number of amides is 2. The first-order valence-corrected chi connectivity index (χ1v) is 9.21. The van der Waals surface area contributed by atoms with E-state index in [2.05, 4.69) is 20.4 Å². The molecule has 2 aromatic heterocycles. The molecule has 2 rings (SSSR count). The molecule has 0 bridgehead atoms. The van der Waals surface area contributed by atoms with Gasteiger partial charge in [-0.3, -0.25) is 10.00 Å². The Morgan fingerprint density at radius 2 is 1.79 bits per heavy atom. The van der Waals surface area contributed by atoms with Gasteiger partial charge in [-0.25, -0.2) is 14.3 Å². The number of ether oxygens (including phenoxy) is 2. The molecule has 28 heavy (non-hydrogen) atoms. The number of nitrogens with zero attached hydrogens (tertiary/aromatic N) is 4. The van der Waals surface area contributed by atoms with Gasteiger partial charge < -0.3 is 14.6 Å². The number of rotatable bonds is 7. The van der Waals surface area contributed by atoms with Gasteiger partial charge in [0, 0.05) is 7.05 Å². The van der Waals surface area contributed by atoms with Crippen LogP contribution < -0.4 is 19.5 Å². The van der Waals surface area contributed by atoms with Gasteiger partial charge in [0.1, 0.15) is 5.56 Å². The number of carboxylic acids is 1. The first kappa shape index (κ1) is 20.9. The van der Waals surface area contributed by atoms with E-state index < -0.39 is 32.6 Å². The number of methoxy groups -OCH3 is 2. The summed E-state index contributed by atoms with van der Waals surface area (Å²) in [5, 5.41) is 14.7. The van der Waals surface area contributed by atoms with Gasteiger partial charge in [0.05, 0.1) is 26.0 Å². The molecule has 0 aliphatic carbocycles. The fourth-order valence-corrected chi connectivity index (χ4v) is 3.55. The Bertz CT molecular complexity index is 995. The fourth-order valence-electron chi connectivity index (χ4n) is 2.30. The Labute approximate surface area is 159 Å². The molecule has 2 aromatic rings. The van der Waals surface area contributed by atoms with Crippen LogP contribution in [0.25, 0.3) is 0 Å². The van der Waals surface area contributed by atoms with Crippen LogP contribution in [-0.4, -0.2) is 59.5 Å². The largest absolute Gasteiger partial charge is 0.481 e. The van der Waals surface area contributed by atoms with E-state index in [1.807, 2.05) is 0 Å². The van der Waals surface area contributed by atoms with Crippen molar-refractivity contribution in [2.75, 3.05) is 19.5 Å². The molecule has 0 spiro atoms. The minimum Gasteiger partial charge on any atom is -0.481 e. The molecule has 0 aliphatic heterocycles. The van der Waals surface area contributed by atoms with Crippen LogP contribution in [0, 0.1) is 0 Å². The molecule has 0 saturated carbocycles. The van der Waals surface area contributed by atoms with Gasteiger partial charge in [0.25, 0.3) is 10.0 Å². The lowest BCUT2D eigenvalue weighted by Gasteiger charge is -2.10. The lowest BCUT2D eigenvalue weighted by atomic mass is 10.2. The van der Waals surface area contributed by atoms with E-state index in [0.29, 0.717) is 0 Å². The molecule has 3 N–H and O–H groups in total. The smallest absolute Gasteiger partial charge is 0.340 e. The van der Waals surface area contributed by atoms with Crippen molar-refractivity contribution in [1.29, 1.82) is 0 Å². The van der Waals surface area contributed by atoms with E-state index in [0.717, 1.165) is 4.68 Å². The van der Waals surface area contributed by atoms with E-state index in [1.165, 1.54) is 27.3 Å². The van der Waals surface area contributed by atoms with Gasteiger partial charge in [-0.15, -0.1) is 0 Å². The molecule has 2 heterocycles. The summed E-state index contributed by atoms with van der Waals surface area (Å²) in [7, 11) is -0.648. The number of hydrogen-bond acceptors (Lipinski definition) is 9. The van der Waals surface area contributed by atoms with E-state index in [1.54, 1.807) is 11.6 Å². The van der Waals surface area contributed by atoms with Gasteiger partial charge in [-0.2, -0.15) is 23.5 Å². The second-order valence-electron chi connectivity index (χ2n) is 5.25. The number of carboxylic acid groups (broad SMARTS) is 1. The molecular formula is C14H18N6O7S. The highest BCUT2D eigenvalue weighted by Gasteiger charge is 2.32. The number of anilines is 1. The SMILES string of the molecule is CCc1nn(C)c(S(=O)(=O)NC(=O)Nc2nc(OC)cc(OC)n2)c1C(=O)O. The third kappa shape index (κ3) is 4.28. The average Bonchev–Trinajstić information content (AvgIpc) is 2.98. The number of nitrogens with one attached hydrogen (secondary N) is 2. The van der Waals surface area contributed by atoms with E-state index in [9.17, 15) is 23.1 Å². The van der Waals surface area contributed by atoms with Crippen LogP contribution in [0.5, 0.6) is 11.8 Å². The quantitative estimate of drug-likeness (QED) is 0.559. The van der Waals surface area contributed by atoms with Crippen molar-refractivity contribution < 1.29 is 32.6 Å². The number of carbonyl (C=O) groups excluding carboxylic acids is 1.